The summed E-state index contributed by atoms with van der Waals surface area (Å²) in [5.41, 5.74) is -1.27. The van der Waals surface area contributed by atoms with Crippen LogP contribution >= 0.6 is 0 Å². The van der Waals surface area contributed by atoms with E-state index in [9.17, 15) is 14.4 Å². The zero-order chi connectivity index (χ0) is 20.3. The predicted molar refractivity (Wildman–Crippen MR) is 96.5 cm³/mol. The van der Waals surface area contributed by atoms with Crippen molar-refractivity contribution in [3.8, 4) is 0 Å². The van der Waals surface area contributed by atoms with Gasteiger partial charge in [-0.3, -0.25) is 0 Å². The monoisotopic (exact) mass is 386 g/mol. The largest absolute Gasteiger partial charge is 0.448 e. The third-order valence-corrected chi connectivity index (χ3v) is 4.60. The Morgan fingerprint density at radius 3 is 2.32 bits per heavy atom. The van der Waals surface area contributed by atoms with E-state index in [0.29, 0.717) is 5.56 Å². The molecule has 1 fully saturated rings. The van der Waals surface area contributed by atoms with Crippen molar-refractivity contribution >= 4 is 18.2 Å². The number of carbonyl (C=O) groups excluding carboxylic acids is 3. The van der Waals surface area contributed by atoms with Crippen LogP contribution in [-0.2, 0) is 19.0 Å². The number of hydrogen-bond donors (Lipinski definition) is 0. The van der Waals surface area contributed by atoms with Gasteiger partial charge in [-0.15, -0.1) is 0 Å². The minimum atomic E-state index is -2.37. The molecule has 2 aromatic rings. The number of esters is 2. The standard InChI is InChI=1S/C21H19FO6/c1-13-8-6-7-11-15(13)19(25)28-20-17(21(2,22)16(12-23)26-20)27-18(24)14-9-4-3-5-10-14/h3-12,16-17,20H,1-2H3/t16?,17-,20-,21-/m1/s1. The van der Waals surface area contributed by atoms with Gasteiger partial charge in [0, 0.05) is 0 Å². The summed E-state index contributed by atoms with van der Waals surface area (Å²) in [4.78, 5) is 36.1. The molecule has 1 unspecified atom stereocenters. The van der Waals surface area contributed by atoms with E-state index in [1.54, 1.807) is 49.4 Å². The maximum absolute atomic E-state index is 15.2. The summed E-state index contributed by atoms with van der Waals surface area (Å²) in [5, 5.41) is 0. The molecule has 0 radical (unpaired) electrons. The Morgan fingerprint density at radius 2 is 1.68 bits per heavy atom. The van der Waals surface area contributed by atoms with E-state index in [4.69, 9.17) is 14.2 Å². The molecule has 0 bridgehead atoms. The van der Waals surface area contributed by atoms with Gasteiger partial charge in [0.05, 0.1) is 11.1 Å². The van der Waals surface area contributed by atoms with E-state index in [-0.39, 0.29) is 17.4 Å². The zero-order valence-electron chi connectivity index (χ0n) is 15.3. The highest BCUT2D eigenvalue weighted by Crippen LogP contribution is 2.37. The summed E-state index contributed by atoms with van der Waals surface area (Å²) < 4.78 is 30.9. The summed E-state index contributed by atoms with van der Waals surface area (Å²) in [7, 11) is 0. The van der Waals surface area contributed by atoms with Gasteiger partial charge in [0.2, 0.25) is 12.4 Å². The molecule has 0 amide bonds. The first-order chi connectivity index (χ1) is 13.3. The number of hydrogen-bond acceptors (Lipinski definition) is 6. The molecule has 0 N–H and O–H groups in total. The number of ether oxygens (including phenoxy) is 3. The number of halogens is 1. The number of rotatable bonds is 5. The molecular weight excluding hydrogens is 367 g/mol. The zero-order valence-corrected chi connectivity index (χ0v) is 15.3. The molecule has 1 heterocycles. The lowest BCUT2D eigenvalue weighted by molar-refractivity contribution is -0.144. The maximum Gasteiger partial charge on any atom is 0.340 e. The summed E-state index contributed by atoms with van der Waals surface area (Å²) >= 11 is 0. The fourth-order valence-electron chi connectivity index (χ4n) is 2.93. The molecule has 1 aliphatic heterocycles. The molecule has 6 nitrogen and oxygen atoms in total. The van der Waals surface area contributed by atoms with Crippen LogP contribution in [0.25, 0.3) is 0 Å². The summed E-state index contributed by atoms with van der Waals surface area (Å²) in [6, 6.07) is 14.6. The van der Waals surface area contributed by atoms with Crippen LogP contribution in [0.4, 0.5) is 4.39 Å². The molecule has 28 heavy (non-hydrogen) atoms. The van der Waals surface area contributed by atoms with Crippen molar-refractivity contribution in [3.05, 3.63) is 71.3 Å². The van der Waals surface area contributed by atoms with E-state index < -0.39 is 36.1 Å². The number of alkyl halides is 1. The Labute approximate surface area is 161 Å². The molecule has 0 spiro atoms. The van der Waals surface area contributed by atoms with Gasteiger partial charge in [-0.05, 0) is 37.6 Å². The van der Waals surface area contributed by atoms with Crippen molar-refractivity contribution in [2.75, 3.05) is 0 Å². The van der Waals surface area contributed by atoms with Crippen LogP contribution in [0.1, 0.15) is 33.2 Å². The topological polar surface area (TPSA) is 78.9 Å². The van der Waals surface area contributed by atoms with Crippen LogP contribution in [0.3, 0.4) is 0 Å². The van der Waals surface area contributed by atoms with E-state index in [1.807, 2.05) is 0 Å². The van der Waals surface area contributed by atoms with Gasteiger partial charge in [0.1, 0.15) is 0 Å². The molecule has 0 aliphatic carbocycles. The third-order valence-electron chi connectivity index (χ3n) is 4.60. The predicted octanol–water partition coefficient (Wildman–Crippen LogP) is 3.03. The first-order valence-corrected chi connectivity index (χ1v) is 8.67. The fourth-order valence-corrected chi connectivity index (χ4v) is 2.93. The maximum atomic E-state index is 15.2. The molecule has 146 valence electrons. The van der Waals surface area contributed by atoms with Crippen molar-refractivity contribution < 1.29 is 33.0 Å². The van der Waals surface area contributed by atoms with Crippen LogP contribution in [-0.4, -0.2) is 42.4 Å². The highest BCUT2D eigenvalue weighted by molar-refractivity contribution is 5.91. The fraction of sp³-hybridized carbons (Fsp3) is 0.286. The molecule has 1 saturated heterocycles. The Bertz CT molecular complexity index is 879. The number of aryl methyl sites for hydroxylation is 1. The van der Waals surface area contributed by atoms with Gasteiger partial charge >= 0.3 is 11.9 Å². The van der Waals surface area contributed by atoms with Crippen LogP contribution in [0.2, 0.25) is 0 Å². The van der Waals surface area contributed by atoms with E-state index >= 15 is 4.39 Å². The average molecular weight is 386 g/mol. The number of aldehydes is 1. The highest BCUT2D eigenvalue weighted by Gasteiger charge is 2.59. The highest BCUT2D eigenvalue weighted by atomic mass is 19.1. The smallest absolute Gasteiger partial charge is 0.340 e. The van der Waals surface area contributed by atoms with Crippen molar-refractivity contribution in [2.45, 2.75) is 38.0 Å². The summed E-state index contributed by atoms with van der Waals surface area (Å²) in [5.74, 6) is -1.59. The Hall–Kier alpha value is -3.06. The lowest BCUT2D eigenvalue weighted by Crippen LogP contribution is -2.45. The molecule has 4 atom stereocenters. The van der Waals surface area contributed by atoms with E-state index in [0.717, 1.165) is 6.92 Å². The van der Waals surface area contributed by atoms with Crippen LogP contribution in [0.15, 0.2) is 54.6 Å². The van der Waals surface area contributed by atoms with E-state index in [2.05, 4.69) is 0 Å². The van der Waals surface area contributed by atoms with E-state index in [1.165, 1.54) is 12.1 Å². The number of carbonyl (C=O) groups is 3. The minimum absolute atomic E-state index is 0.192. The van der Waals surface area contributed by atoms with Gasteiger partial charge in [0.25, 0.3) is 0 Å². The van der Waals surface area contributed by atoms with Gasteiger partial charge in [0.15, 0.2) is 18.1 Å². The molecule has 2 aromatic carbocycles. The van der Waals surface area contributed by atoms with Gasteiger partial charge in [-0.1, -0.05) is 36.4 Å². The van der Waals surface area contributed by atoms with Crippen LogP contribution in [0.5, 0.6) is 0 Å². The summed E-state index contributed by atoms with van der Waals surface area (Å²) in [6.45, 7) is 2.78. The first kappa shape index (κ1) is 19.7. The lowest BCUT2D eigenvalue weighted by Gasteiger charge is -2.25. The second kappa shape index (κ2) is 7.90. The quantitative estimate of drug-likeness (QED) is 0.581. The van der Waals surface area contributed by atoms with Gasteiger partial charge in [-0.2, -0.15) is 0 Å². The third kappa shape index (κ3) is 3.80. The van der Waals surface area contributed by atoms with Crippen molar-refractivity contribution in [1.82, 2.24) is 0 Å². The Morgan fingerprint density at radius 1 is 1.04 bits per heavy atom. The molecule has 0 aromatic heterocycles. The number of benzene rings is 2. The van der Waals surface area contributed by atoms with Crippen molar-refractivity contribution in [3.63, 3.8) is 0 Å². The van der Waals surface area contributed by atoms with Gasteiger partial charge in [-0.25, -0.2) is 14.0 Å². The lowest BCUT2D eigenvalue weighted by atomic mass is 9.97. The Kier molecular flexibility index (Phi) is 5.56. The molecule has 0 saturated carbocycles. The second-order valence-corrected chi connectivity index (χ2v) is 6.62. The second-order valence-electron chi connectivity index (χ2n) is 6.62. The normalized spacial score (nSPS) is 26.5. The molecular formula is C21H19FO6. The van der Waals surface area contributed by atoms with Crippen LogP contribution < -0.4 is 0 Å². The van der Waals surface area contributed by atoms with Crippen LogP contribution in [0, 0.1) is 6.92 Å². The minimum Gasteiger partial charge on any atom is -0.448 e. The first-order valence-electron chi connectivity index (χ1n) is 8.67. The van der Waals surface area contributed by atoms with Crippen molar-refractivity contribution in [2.24, 2.45) is 0 Å². The average Bonchev–Trinajstić information content (AvgIpc) is 2.92. The van der Waals surface area contributed by atoms with Crippen molar-refractivity contribution in [1.29, 1.82) is 0 Å². The molecule has 7 heteroatoms. The SMILES string of the molecule is Cc1ccccc1C(=O)O[C@H]1OC(C=O)[C@@](C)(F)[C@@H]1OC(=O)c1ccccc1. The Balaban J connectivity index is 1.83. The molecule has 3 rings (SSSR count). The summed E-state index contributed by atoms with van der Waals surface area (Å²) in [6.07, 6.45) is -4.46. The molecule has 1 aliphatic rings. The van der Waals surface area contributed by atoms with Gasteiger partial charge < -0.3 is 19.0 Å².